The minimum absolute atomic E-state index is 0.264. The van der Waals surface area contributed by atoms with E-state index in [0.717, 1.165) is 27.7 Å². The fraction of sp³-hybridized carbons (Fsp3) is 0.115. The molecule has 4 aromatic rings. The molecule has 1 amide bonds. The Kier molecular flexibility index (Phi) is 5.31. The summed E-state index contributed by atoms with van der Waals surface area (Å²) < 4.78 is 6.41. The highest BCUT2D eigenvalue weighted by Gasteiger charge is 2.45. The molecule has 3 aromatic carbocycles. The second-order valence-corrected chi connectivity index (χ2v) is 8.70. The smallest absolute Gasteiger partial charge is 0.243 e. The van der Waals surface area contributed by atoms with Crippen molar-refractivity contribution in [3.8, 4) is 11.3 Å². The average Bonchev–Trinajstić information content (AvgIpc) is 3.19. The van der Waals surface area contributed by atoms with Gasteiger partial charge in [-0.3, -0.25) is 4.79 Å². The van der Waals surface area contributed by atoms with E-state index in [-0.39, 0.29) is 5.91 Å². The fourth-order valence-electron chi connectivity index (χ4n) is 3.99. The lowest BCUT2D eigenvalue weighted by Gasteiger charge is -2.31. The summed E-state index contributed by atoms with van der Waals surface area (Å²) >= 11 is 12.4. The van der Waals surface area contributed by atoms with Crippen LogP contribution in [0.2, 0.25) is 10.0 Å². The van der Waals surface area contributed by atoms with Crippen molar-refractivity contribution in [2.75, 3.05) is 0 Å². The van der Waals surface area contributed by atoms with Crippen LogP contribution in [-0.4, -0.2) is 21.8 Å². The molecule has 0 saturated carbocycles. The maximum absolute atomic E-state index is 12.6. The van der Waals surface area contributed by atoms with E-state index in [2.05, 4.69) is 5.10 Å². The first-order valence-corrected chi connectivity index (χ1v) is 11.1. The zero-order chi connectivity index (χ0) is 23.2. The van der Waals surface area contributed by atoms with Crippen LogP contribution in [0.5, 0.6) is 0 Å². The lowest BCUT2D eigenvalue weighted by Crippen LogP contribution is -2.41. The van der Waals surface area contributed by atoms with Crippen LogP contribution < -0.4 is 0 Å². The molecule has 164 valence electrons. The molecule has 0 unspecified atom stereocenters. The SMILES string of the molecule is CC(=O)N1N=C(c2cc(-c3ccccc3)nc3ccccc23)O[C@@]1(C)c1ccc(Cl)c(Cl)c1. The summed E-state index contributed by atoms with van der Waals surface area (Å²) in [6, 6.07) is 24.8. The molecule has 0 N–H and O–H groups in total. The van der Waals surface area contributed by atoms with Crippen molar-refractivity contribution < 1.29 is 9.53 Å². The third-order valence-electron chi connectivity index (χ3n) is 5.66. The number of halogens is 2. The van der Waals surface area contributed by atoms with Crippen molar-refractivity contribution in [3.05, 3.63) is 100 Å². The van der Waals surface area contributed by atoms with Crippen LogP contribution in [0, 0.1) is 0 Å². The fourth-order valence-corrected chi connectivity index (χ4v) is 4.29. The lowest BCUT2D eigenvalue weighted by atomic mass is 10.0. The number of ether oxygens (including phenoxy) is 1. The van der Waals surface area contributed by atoms with E-state index in [4.69, 9.17) is 32.9 Å². The number of hydrogen-bond acceptors (Lipinski definition) is 4. The van der Waals surface area contributed by atoms with Gasteiger partial charge in [-0.15, -0.1) is 5.10 Å². The van der Waals surface area contributed by atoms with Crippen molar-refractivity contribution >= 4 is 45.9 Å². The first-order valence-electron chi connectivity index (χ1n) is 10.4. The predicted molar refractivity (Wildman–Crippen MR) is 131 cm³/mol. The van der Waals surface area contributed by atoms with Gasteiger partial charge in [0.1, 0.15) is 0 Å². The number of carbonyl (C=O) groups is 1. The van der Waals surface area contributed by atoms with Gasteiger partial charge in [0.05, 0.1) is 21.3 Å². The van der Waals surface area contributed by atoms with Crippen molar-refractivity contribution in [2.45, 2.75) is 19.6 Å². The van der Waals surface area contributed by atoms with E-state index in [0.29, 0.717) is 21.5 Å². The number of amides is 1. The molecule has 1 atom stereocenters. The zero-order valence-corrected chi connectivity index (χ0v) is 19.4. The van der Waals surface area contributed by atoms with E-state index in [1.807, 2.05) is 60.7 Å². The molecule has 5 rings (SSSR count). The van der Waals surface area contributed by atoms with Gasteiger partial charge in [-0.25, -0.2) is 4.98 Å². The van der Waals surface area contributed by atoms with Gasteiger partial charge in [0, 0.05) is 35.9 Å². The average molecular weight is 476 g/mol. The molecule has 5 nitrogen and oxygen atoms in total. The van der Waals surface area contributed by atoms with Gasteiger partial charge >= 0.3 is 0 Å². The maximum Gasteiger partial charge on any atom is 0.243 e. The van der Waals surface area contributed by atoms with Gasteiger partial charge in [0.2, 0.25) is 17.5 Å². The minimum Gasteiger partial charge on any atom is -0.443 e. The number of hydrogen-bond donors (Lipinski definition) is 0. The molecular weight excluding hydrogens is 457 g/mol. The minimum atomic E-state index is -1.19. The number of hydrazone groups is 1. The van der Waals surface area contributed by atoms with E-state index in [9.17, 15) is 4.79 Å². The molecule has 1 aromatic heterocycles. The summed E-state index contributed by atoms with van der Waals surface area (Å²) in [4.78, 5) is 17.4. The predicted octanol–water partition coefficient (Wildman–Crippen LogP) is 6.62. The molecule has 0 aliphatic carbocycles. The van der Waals surface area contributed by atoms with Gasteiger partial charge in [0.15, 0.2) is 0 Å². The molecule has 1 aliphatic rings. The summed E-state index contributed by atoms with van der Waals surface area (Å²) in [5.41, 5.74) is 2.78. The first kappa shape index (κ1) is 21.4. The van der Waals surface area contributed by atoms with Crippen LogP contribution >= 0.6 is 23.2 Å². The van der Waals surface area contributed by atoms with E-state index in [1.165, 1.54) is 11.9 Å². The summed E-state index contributed by atoms with van der Waals surface area (Å²) in [5.74, 6) is 0.0646. The van der Waals surface area contributed by atoms with Gasteiger partial charge in [0.25, 0.3) is 0 Å². The number of aromatic nitrogens is 1. The Morgan fingerprint density at radius 2 is 1.67 bits per heavy atom. The molecule has 0 saturated heterocycles. The van der Waals surface area contributed by atoms with Crippen LogP contribution in [0.15, 0.2) is 84.0 Å². The lowest BCUT2D eigenvalue weighted by molar-refractivity contribution is -0.146. The Morgan fingerprint density at radius 3 is 2.39 bits per heavy atom. The molecular formula is C26H19Cl2N3O2. The molecule has 0 spiro atoms. The molecule has 0 bridgehead atoms. The highest BCUT2D eigenvalue weighted by atomic mass is 35.5. The highest BCUT2D eigenvalue weighted by molar-refractivity contribution is 6.42. The zero-order valence-electron chi connectivity index (χ0n) is 17.9. The second-order valence-electron chi connectivity index (χ2n) is 7.89. The number of para-hydroxylation sites is 1. The molecule has 7 heteroatoms. The van der Waals surface area contributed by atoms with E-state index < -0.39 is 5.72 Å². The van der Waals surface area contributed by atoms with Gasteiger partial charge in [-0.1, -0.05) is 77.8 Å². The van der Waals surface area contributed by atoms with Crippen molar-refractivity contribution in [3.63, 3.8) is 0 Å². The number of fused-ring (bicyclic) bond motifs is 1. The topological polar surface area (TPSA) is 54.8 Å². The first-order chi connectivity index (χ1) is 15.9. The Balaban J connectivity index is 1.67. The van der Waals surface area contributed by atoms with Gasteiger partial charge in [-0.05, 0) is 24.3 Å². The summed E-state index contributed by atoms with van der Waals surface area (Å²) in [5, 5.41) is 7.60. The van der Waals surface area contributed by atoms with E-state index >= 15 is 0 Å². The number of pyridine rings is 1. The van der Waals surface area contributed by atoms with Crippen LogP contribution in [-0.2, 0) is 15.3 Å². The Labute approximate surface area is 201 Å². The monoisotopic (exact) mass is 475 g/mol. The number of nitrogens with zero attached hydrogens (tertiary/aromatic N) is 3. The number of rotatable bonds is 3. The number of carbonyl (C=O) groups excluding carboxylic acids is 1. The highest BCUT2D eigenvalue weighted by Crippen LogP contribution is 2.40. The Bertz CT molecular complexity index is 1420. The summed E-state index contributed by atoms with van der Waals surface area (Å²) in [6.07, 6.45) is 0. The maximum atomic E-state index is 12.6. The normalized spacial score (nSPS) is 17.7. The van der Waals surface area contributed by atoms with Crippen molar-refractivity contribution in [1.82, 2.24) is 9.99 Å². The molecule has 0 radical (unpaired) electrons. The largest absolute Gasteiger partial charge is 0.443 e. The summed E-state index contributed by atoms with van der Waals surface area (Å²) in [6.45, 7) is 3.23. The van der Waals surface area contributed by atoms with Crippen LogP contribution in [0.1, 0.15) is 25.0 Å². The van der Waals surface area contributed by atoms with Gasteiger partial charge < -0.3 is 4.74 Å². The van der Waals surface area contributed by atoms with Crippen LogP contribution in [0.25, 0.3) is 22.2 Å². The standard InChI is InChI=1S/C26H19Cl2N3O2/c1-16(32)31-26(2,18-12-13-21(27)22(28)14-18)33-25(30-31)20-15-24(17-8-4-3-5-9-17)29-23-11-7-6-10-19(20)23/h3-15H,1-2H3/t26-/m0/s1. The summed E-state index contributed by atoms with van der Waals surface area (Å²) in [7, 11) is 0. The third-order valence-corrected chi connectivity index (χ3v) is 6.40. The molecule has 0 fully saturated rings. The van der Waals surface area contributed by atoms with E-state index in [1.54, 1.807) is 25.1 Å². The Morgan fingerprint density at radius 1 is 0.939 bits per heavy atom. The third kappa shape index (κ3) is 3.73. The second kappa shape index (κ2) is 8.18. The molecule has 1 aliphatic heterocycles. The molecule has 33 heavy (non-hydrogen) atoms. The van der Waals surface area contributed by atoms with Crippen LogP contribution in [0.3, 0.4) is 0 Å². The quantitative estimate of drug-likeness (QED) is 0.334. The van der Waals surface area contributed by atoms with Gasteiger partial charge in [-0.2, -0.15) is 5.01 Å². The molecule has 2 heterocycles. The Hall–Kier alpha value is -3.41. The van der Waals surface area contributed by atoms with Crippen molar-refractivity contribution in [1.29, 1.82) is 0 Å². The van der Waals surface area contributed by atoms with Crippen LogP contribution in [0.4, 0.5) is 0 Å². The van der Waals surface area contributed by atoms with Crippen molar-refractivity contribution in [2.24, 2.45) is 5.10 Å². The number of benzene rings is 3.